The Morgan fingerprint density at radius 1 is 1.06 bits per heavy atom. The number of carbonyl (C=O) groups is 2. The van der Waals surface area contributed by atoms with Gasteiger partial charge in [-0.25, -0.2) is 4.79 Å². The van der Waals surface area contributed by atoms with Gasteiger partial charge < -0.3 is 15.4 Å². The van der Waals surface area contributed by atoms with Gasteiger partial charge in [-0.05, 0) is 62.6 Å². The summed E-state index contributed by atoms with van der Waals surface area (Å²) in [7, 11) is 0. The number of likely N-dealkylation sites (tertiary alicyclic amines) is 1. The molecule has 32 heavy (non-hydrogen) atoms. The molecule has 0 spiro atoms. The van der Waals surface area contributed by atoms with E-state index >= 15 is 0 Å². The van der Waals surface area contributed by atoms with Crippen LogP contribution in [-0.4, -0.2) is 47.3 Å². The summed E-state index contributed by atoms with van der Waals surface area (Å²) in [5.41, 5.74) is 6.84. The van der Waals surface area contributed by atoms with Gasteiger partial charge in [0.15, 0.2) is 0 Å². The molecule has 0 bridgehead atoms. The fourth-order valence-electron chi connectivity index (χ4n) is 4.13. The number of hydrogen-bond donors (Lipinski definition) is 1. The Kier molecular flexibility index (Phi) is 6.94. The average Bonchev–Trinajstić information content (AvgIpc) is 3.14. The summed E-state index contributed by atoms with van der Waals surface area (Å²) in [5.74, 6) is -0.932. The van der Waals surface area contributed by atoms with Gasteiger partial charge >= 0.3 is 5.97 Å². The van der Waals surface area contributed by atoms with Crippen molar-refractivity contribution in [3.8, 4) is 0 Å². The van der Waals surface area contributed by atoms with E-state index in [1.165, 1.54) is 4.90 Å². The number of carbonyl (C=O) groups excluding carboxylic acids is 2. The number of ether oxygens (including phenoxy) is 1. The van der Waals surface area contributed by atoms with Crippen LogP contribution >= 0.6 is 0 Å². The molecule has 1 atom stereocenters. The molecule has 1 fully saturated rings. The van der Waals surface area contributed by atoms with Gasteiger partial charge in [-0.15, -0.1) is 0 Å². The summed E-state index contributed by atoms with van der Waals surface area (Å²) in [6, 6.07) is 19.7. The Morgan fingerprint density at radius 2 is 1.59 bits per heavy atom. The molecular weight excluding hydrogens is 402 g/mol. The summed E-state index contributed by atoms with van der Waals surface area (Å²) >= 11 is 0. The molecule has 0 unspecified atom stereocenters. The van der Waals surface area contributed by atoms with Crippen LogP contribution in [-0.2, 0) is 14.3 Å². The van der Waals surface area contributed by atoms with Gasteiger partial charge in [0.2, 0.25) is 5.91 Å². The molecule has 2 aromatic carbocycles. The molecule has 1 heterocycles. The summed E-state index contributed by atoms with van der Waals surface area (Å²) in [4.78, 5) is 32.8. The van der Waals surface area contributed by atoms with Crippen molar-refractivity contribution in [3.63, 3.8) is 0 Å². The maximum atomic E-state index is 13.8. The van der Waals surface area contributed by atoms with Crippen molar-refractivity contribution >= 4 is 23.7 Å². The zero-order valence-electron chi connectivity index (χ0n) is 19.2. The molecule has 6 heteroatoms. The van der Waals surface area contributed by atoms with E-state index < -0.39 is 17.2 Å². The molecule has 6 nitrogen and oxygen atoms in total. The first kappa shape index (κ1) is 23.4. The van der Waals surface area contributed by atoms with Crippen LogP contribution in [0.4, 0.5) is 0 Å². The molecule has 3 rings (SSSR count). The number of esters is 1. The Balaban J connectivity index is 2.38. The topological polar surface area (TPSA) is 85.0 Å². The minimum atomic E-state index is -1.61. The molecule has 1 amide bonds. The highest BCUT2D eigenvalue weighted by Crippen LogP contribution is 2.44. The SMILES string of the molecule is CC=N[C@@]1(C(=O)OC(C)(C)C)C(=C(c2ccccc2)c2ccccc2)CCN1C(=O)CN. The Hall–Kier alpha value is -3.25. The first-order chi connectivity index (χ1) is 15.2. The lowest BCUT2D eigenvalue weighted by Crippen LogP contribution is -2.56. The minimum absolute atomic E-state index is 0.219. The third kappa shape index (κ3) is 4.50. The second-order valence-corrected chi connectivity index (χ2v) is 8.65. The van der Waals surface area contributed by atoms with E-state index in [-0.39, 0.29) is 12.5 Å². The molecule has 1 saturated heterocycles. The van der Waals surface area contributed by atoms with Crippen molar-refractivity contribution < 1.29 is 14.3 Å². The maximum Gasteiger partial charge on any atom is 0.360 e. The number of aliphatic imine (C=N–C) groups is 1. The van der Waals surface area contributed by atoms with Gasteiger partial charge in [0.25, 0.3) is 5.66 Å². The first-order valence-corrected chi connectivity index (χ1v) is 10.8. The van der Waals surface area contributed by atoms with Crippen LogP contribution < -0.4 is 5.73 Å². The molecule has 2 N–H and O–H groups in total. The van der Waals surface area contributed by atoms with Gasteiger partial charge in [-0.2, -0.15) is 0 Å². The van der Waals surface area contributed by atoms with Gasteiger partial charge in [-0.1, -0.05) is 60.7 Å². The Morgan fingerprint density at radius 3 is 2.03 bits per heavy atom. The normalized spacial score (nSPS) is 18.8. The lowest BCUT2D eigenvalue weighted by molar-refractivity contribution is -0.168. The molecule has 1 aliphatic rings. The van der Waals surface area contributed by atoms with Crippen LogP contribution in [0, 0.1) is 0 Å². The van der Waals surface area contributed by atoms with Gasteiger partial charge in [0, 0.05) is 6.54 Å². The summed E-state index contributed by atoms with van der Waals surface area (Å²) < 4.78 is 5.83. The van der Waals surface area contributed by atoms with Gasteiger partial charge in [0.05, 0.1) is 6.54 Å². The van der Waals surface area contributed by atoms with E-state index in [0.717, 1.165) is 22.3 Å². The molecule has 168 valence electrons. The van der Waals surface area contributed by atoms with Crippen molar-refractivity contribution in [2.24, 2.45) is 10.7 Å². The van der Waals surface area contributed by atoms with Crippen LogP contribution in [0.2, 0.25) is 0 Å². The Labute approximate surface area is 189 Å². The van der Waals surface area contributed by atoms with Crippen LogP contribution in [0.1, 0.15) is 45.2 Å². The fourth-order valence-corrected chi connectivity index (χ4v) is 4.13. The summed E-state index contributed by atoms with van der Waals surface area (Å²) in [5, 5.41) is 0. The van der Waals surface area contributed by atoms with E-state index in [1.54, 1.807) is 33.9 Å². The first-order valence-electron chi connectivity index (χ1n) is 10.8. The molecule has 0 radical (unpaired) electrons. The smallest absolute Gasteiger partial charge is 0.360 e. The predicted molar refractivity (Wildman–Crippen MR) is 127 cm³/mol. The number of benzene rings is 2. The van der Waals surface area contributed by atoms with Gasteiger partial charge in [-0.3, -0.25) is 9.79 Å². The predicted octanol–water partition coefficient (Wildman–Crippen LogP) is 3.81. The number of nitrogens with zero attached hydrogens (tertiary/aromatic N) is 2. The van der Waals surface area contributed by atoms with Crippen LogP contribution in [0.3, 0.4) is 0 Å². The van der Waals surface area contributed by atoms with Crippen LogP contribution in [0.15, 0.2) is 71.2 Å². The monoisotopic (exact) mass is 433 g/mol. The number of amides is 1. The van der Waals surface area contributed by atoms with Crippen molar-refractivity contribution in [1.29, 1.82) is 0 Å². The van der Waals surface area contributed by atoms with Crippen LogP contribution in [0.25, 0.3) is 5.57 Å². The highest BCUT2D eigenvalue weighted by Gasteiger charge is 2.56. The molecular formula is C26H31N3O3. The summed E-state index contributed by atoms with van der Waals surface area (Å²) in [6.07, 6.45) is 2.03. The zero-order valence-corrected chi connectivity index (χ0v) is 19.2. The molecule has 0 aromatic heterocycles. The largest absolute Gasteiger partial charge is 0.456 e. The number of nitrogens with two attached hydrogens (primary N) is 1. The standard InChI is InChI=1S/C26H31N3O3/c1-5-28-26(24(31)32-25(2,3)4)21(16-17-29(26)22(30)18-27)23(19-12-8-6-9-13-19)20-14-10-7-11-15-20/h5-15H,16-18,27H2,1-4H3/t26-/m0/s1. The third-order valence-corrected chi connectivity index (χ3v) is 5.30. The van der Waals surface area contributed by atoms with Crippen molar-refractivity contribution in [1.82, 2.24) is 4.90 Å². The third-order valence-electron chi connectivity index (χ3n) is 5.30. The van der Waals surface area contributed by atoms with Crippen LogP contribution in [0.5, 0.6) is 0 Å². The molecule has 0 saturated carbocycles. The minimum Gasteiger partial charge on any atom is -0.456 e. The lowest BCUT2D eigenvalue weighted by Gasteiger charge is -2.36. The zero-order chi connectivity index (χ0) is 23.4. The second kappa shape index (κ2) is 9.49. The van der Waals surface area contributed by atoms with E-state index in [9.17, 15) is 9.59 Å². The van der Waals surface area contributed by atoms with E-state index in [4.69, 9.17) is 10.5 Å². The average molecular weight is 434 g/mol. The Bertz CT molecular complexity index is 982. The molecule has 2 aromatic rings. The van der Waals surface area contributed by atoms with Crippen molar-refractivity contribution in [3.05, 3.63) is 77.4 Å². The lowest BCUT2D eigenvalue weighted by atomic mass is 9.86. The van der Waals surface area contributed by atoms with Crippen molar-refractivity contribution in [2.75, 3.05) is 13.1 Å². The second-order valence-electron chi connectivity index (χ2n) is 8.65. The molecule has 1 aliphatic heterocycles. The maximum absolute atomic E-state index is 13.8. The van der Waals surface area contributed by atoms with Crippen molar-refractivity contribution in [2.45, 2.75) is 45.4 Å². The highest BCUT2D eigenvalue weighted by atomic mass is 16.6. The van der Waals surface area contributed by atoms with E-state index in [1.807, 2.05) is 60.7 Å². The number of rotatable bonds is 5. The van der Waals surface area contributed by atoms with E-state index in [0.29, 0.717) is 13.0 Å². The van der Waals surface area contributed by atoms with E-state index in [2.05, 4.69) is 4.99 Å². The number of hydrogen-bond acceptors (Lipinski definition) is 5. The van der Waals surface area contributed by atoms with Gasteiger partial charge in [0.1, 0.15) is 5.60 Å². The highest BCUT2D eigenvalue weighted by molar-refractivity contribution is 5.98. The summed E-state index contributed by atoms with van der Waals surface area (Å²) in [6.45, 7) is 7.25. The molecule has 0 aliphatic carbocycles. The fraction of sp³-hybridized carbons (Fsp3) is 0.346. The quantitative estimate of drug-likeness (QED) is 0.574.